The summed E-state index contributed by atoms with van der Waals surface area (Å²) in [6.07, 6.45) is 5.60. The summed E-state index contributed by atoms with van der Waals surface area (Å²) in [6, 6.07) is 6.53. The molecule has 4 nitrogen and oxygen atoms in total. The van der Waals surface area contributed by atoms with Gasteiger partial charge >= 0.3 is 6.03 Å². The van der Waals surface area contributed by atoms with E-state index in [4.69, 9.17) is 0 Å². The van der Waals surface area contributed by atoms with Crippen molar-refractivity contribution in [3.63, 3.8) is 0 Å². The molecule has 2 aromatic rings. The van der Waals surface area contributed by atoms with Crippen molar-refractivity contribution in [3.8, 4) is 0 Å². The number of urea groups is 1. The normalized spacial score (nSPS) is 23.0. The summed E-state index contributed by atoms with van der Waals surface area (Å²) in [6.45, 7) is 4.76. The van der Waals surface area contributed by atoms with Crippen LogP contribution in [0.2, 0.25) is 0 Å². The van der Waals surface area contributed by atoms with Crippen molar-refractivity contribution < 1.29 is 4.79 Å². The Labute approximate surface area is 137 Å². The number of hydrogen-bond acceptors (Lipinski definition) is 1. The van der Waals surface area contributed by atoms with Gasteiger partial charge in [-0.15, -0.1) is 0 Å². The molecule has 122 valence electrons. The molecule has 1 aromatic heterocycles. The number of nitrogens with one attached hydrogen (secondary N) is 1. The van der Waals surface area contributed by atoms with Crippen molar-refractivity contribution in [2.24, 2.45) is 18.9 Å². The first-order valence-corrected chi connectivity index (χ1v) is 8.70. The van der Waals surface area contributed by atoms with Crippen molar-refractivity contribution in [1.29, 1.82) is 0 Å². The highest BCUT2D eigenvalue weighted by Crippen LogP contribution is 2.44. The van der Waals surface area contributed by atoms with Crippen molar-refractivity contribution in [2.75, 3.05) is 19.6 Å². The fourth-order valence-corrected chi connectivity index (χ4v) is 4.11. The second-order valence-electron chi connectivity index (χ2n) is 7.21. The standard InChI is InChI=1S/C19H25N3O/c1-13-4-3-5-17-18(13)15(11-21(17)2)6-8-20-19(23)22-9-7-14-10-16(14)12-22/h3-5,11,14,16H,6-10,12H2,1-2H3,(H,20,23). The van der Waals surface area contributed by atoms with Crippen LogP contribution in [0, 0.1) is 18.8 Å². The minimum Gasteiger partial charge on any atom is -0.350 e. The molecule has 1 saturated carbocycles. The van der Waals surface area contributed by atoms with E-state index >= 15 is 0 Å². The molecule has 0 bridgehead atoms. The molecule has 1 N–H and O–H groups in total. The van der Waals surface area contributed by atoms with Crippen LogP contribution in [-0.4, -0.2) is 35.1 Å². The third kappa shape index (κ3) is 2.71. The maximum atomic E-state index is 12.3. The van der Waals surface area contributed by atoms with Gasteiger partial charge in [0.15, 0.2) is 0 Å². The SMILES string of the molecule is Cc1cccc2c1c(CCNC(=O)N1CCC3CC3C1)cn2C. The van der Waals surface area contributed by atoms with Gasteiger partial charge in [-0.05, 0) is 55.2 Å². The van der Waals surface area contributed by atoms with Gasteiger partial charge in [0.05, 0.1) is 0 Å². The first-order valence-electron chi connectivity index (χ1n) is 8.70. The molecule has 2 amide bonds. The fourth-order valence-electron chi connectivity index (χ4n) is 4.11. The zero-order valence-corrected chi connectivity index (χ0v) is 14.0. The molecule has 1 aromatic carbocycles. The topological polar surface area (TPSA) is 37.3 Å². The maximum absolute atomic E-state index is 12.3. The first-order chi connectivity index (χ1) is 11.1. The Kier molecular flexibility index (Phi) is 3.55. The summed E-state index contributed by atoms with van der Waals surface area (Å²) >= 11 is 0. The first kappa shape index (κ1) is 14.6. The van der Waals surface area contributed by atoms with E-state index < -0.39 is 0 Å². The van der Waals surface area contributed by atoms with Gasteiger partial charge in [0.1, 0.15) is 0 Å². The molecular formula is C19H25N3O. The smallest absolute Gasteiger partial charge is 0.317 e. The number of aromatic nitrogens is 1. The zero-order valence-electron chi connectivity index (χ0n) is 14.0. The molecule has 0 radical (unpaired) electrons. The summed E-state index contributed by atoms with van der Waals surface area (Å²) < 4.78 is 2.18. The number of rotatable bonds is 3. The number of carbonyl (C=O) groups excluding carboxylic acids is 1. The molecule has 0 spiro atoms. The van der Waals surface area contributed by atoms with E-state index in [9.17, 15) is 4.79 Å². The number of aryl methyl sites for hydroxylation is 2. The van der Waals surface area contributed by atoms with E-state index in [0.29, 0.717) is 6.54 Å². The third-order valence-corrected chi connectivity index (χ3v) is 5.55. The molecule has 1 aliphatic heterocycles. The molecule has 23 heavy (non-hydrogen) atoms. The average molecular weight is 311 g/mol. The highest BCUT2D eigenvalue weighted by molar-refractivity contribution is 5.87. The Morgan fingerprint density at radius 3 is 3.04 bits per heavy atom. The van der Waals surface area contributed by atoms with Gasteiger partial charge in [-0.25, -0.2) is 4.79 Å². The number of piperidine rings is 1. The van der Waals surface area contributed by atoms with E-state index in [1.165, 1.54) is 34.9 Å². The number of carbonyl (C=O) groups is 1. The second kappa shape index (κ2) is 5.59. The molecule has 2 atom stereocenters. The minimum absolute atomic E-state index is 0.118. The van der Waals surface area contributed by atoms with E-state index in [1.54, 1.807) is 0 Å². The van der Waals surface area contributed by atoms with Crippen LogP contribution in [0.4, 0.5) is 4.79 Å². The summed E-state index contributed by atoms with van der Waals surface area (Å²) in [5, 5.41) is 4.45. The number of nitrogens with zero attached hydrogens (tertiary/aromatic N) is 2. The molecule has 4 heteroatoms. The Morgan fingerprint density at radius 1 is 1.35 bits per heavy atom. The second-order valence-corrected chi connectivity index (χ2v) is 7.21. The molecule has 2 heterocycles. The molecule has 2 unspecified atom stereocenters. The number of hydrogen-bond donors (Lipinski definition) is 1. The minimum atomic E-state index is 0.118. The number of fused-ring (bicyclic) bond motifs is 2. The average Bonchev–Trinajstić information content (AvgIpc) is 3.25. The van der Waals surface area contributed by atoms with Gasteiger partial charge < -0.3 is 14.8 Å². The maximum Gasteiger partial charge on any atom is 0.317 e. The monoisotopic (exact) mass is 311 g/mol. The van der Waals surface area contributed by atoms with Crippen molar-refractivity contribution in [3.05, 3.63) is 35.5 Å². The Hall–Kier alpha value is -1.97. The lowest BCUT2D eigenvalue weighted by Crippen LogP contribution is -2.44. The van der Waals surface area contributed by atoms with Crippen LogP contribution in [0.5, 0.6) is 0 Å². The lowest BCUT2D eigenvalue weighted by atomic mass is 10.1. The van der Waals surface area contributed by atoms with Gasteiger partial charge in [-0.3, -0.25) is 0 Å². The summed E-state index contributed by atoms with van der Waals surface area (Å²) in [7, 11) is 2.09. The van der Waals surface area contributed by atoms with Gasteiger partial charge in [0.25, 0.3) is 0 Å². The fraction of sp³-hybridized carbons (Fsp3) is 0.526. The molecule has 2 fully saturated rings. The number of likely N-dealkylation sites (tertiary alicyclic amines) is 1. The van der Waals surface area contributed by atoms with Crippen LogP contribution in [0.15, 0.2) is 24.4 Å². The number of amides is 2. The van der Waals surface area contributed by atoms with E-state index in [2.05, 4.69) is 48.3 Å². The van der Waals surface area contributed by atoms with Crippen LogP contribution < -0.4 is 5.32 Å². The van der Waals surface area contributed by atoms with Gasteiger partial charge in [0.2, 0.25) is 0 Å². The van der Waals surface area contributed by atoms with E-state index in [0.717, 1.165) is 31.3 Å². The Bertz CT molecular complexity index is 748. The highest BCUT2D eigenvalue weighted by atomic mass is 16.2. The quantitative estimate of drug-likeness (QED) is 0.929. The molecule has 1 aliphatic carbocycles. The summed E-state index contributed by atoms with van der Waals surface area (Å²) in [5.41, 5.74) is 3.89. The molecule has 4 rings (SSSR count). The Morgan fingerprint density at radius 2 is 2.22 bits per heavy atom. The van der Waals surface area contributed by atoms with Gasteiger partial charge in [-0.2, -0.15) is 0 Å². The van der Waals surface area contributed by atoms with Crippen LogP contribution in [-0.2, 0) is 13.5 Å². The van der Waals surface area contributed by atoms with Gasteiger partial charge in [-0.1, -0.05) is 12.1 Å². The third-order valence-electron chi connectivity index (χ3n) is 5.55. The molecular weight excluding hydrogens is 286 g/mol. The summed E-state index contributed by atoms with van der Waals surface area (Å²) in [5.74, 6) is 1.70. The largest absolute Gasteiger partial charge is 0.350 e. The molecule has 2 aliphatic rings. The Balaban J connectivity index is 1.38. The molecule has 1 saturated heterocycles. The predicted molar refractivity (Wildman–Crippen MR) is 92.5 cm³/mol. The summed E-state index contributed by atoms with van der Waals surface area (Å²) in [4.78, 5) is 14.3. The van der Waals surface area contributed by atoms with Crippen molar-refractivity contribution >= 4 is 16.9 Å². The van der Waals surface area contributed by atoms with Crippen molar-refractivity contribution in [1.82, 2.24) is 14.8 Å². The van der Waals surface area contributed by atoms with Crippen molar-refractivity contribution in [2.45, 2.75) is 26.2 Å². The van der Waals surface area contributed by atoms with E-state index in [-0.39, 0.29) is 6.03 Å². The van der Waals surface area contributed by atoms with Gasteiger partial charge in [0, 0.05) is 43.8 Å². The van der Waals surface area contributed by atoms with Crippen LogP contribution in [0.25, 0.3) is 10.9 Å². The highest BCUT2D eigenvalue weighted by Gasteiger charge is 2.42. The lowest BCUT2D eigenvalue weighted by molar-refractivity contribution is 0.183. The number of benzene rings is 1. The van der Waals surface area contributed by atoms with Crippen LogP contribution >= 0.6 is 0 Å². The zero-order chi connectivity index (χ0) is 16.0. The van der Waals surface area contributed by atoms with E-state index in [1.807, 2.05) is 4.90 Å². The lowest BCUT2D eigenvalue weighted by Gasteiger charge is -2.26. The van der Waals surface area contributed by atoms with Crippen LogP contribution in [0.3, 0.4) is 0 Å². The van der Waals surface area contributed by atoms with Crippen LogP contribution in [0.1, 0.15) is 24.0 Å². The predicted octanol–water partition coefficient (Wildman–Crippen LogP) is 3.08.